The Balaban J connectivity index is 2.36. The van der Waals surface area contributed by atoms with E-state index in [9.17, 15) is 4.79 Å². The molecule has 0 atom stereocenters. The van der Waals surface area contributed by atoms with Crippen LogP contribution in [0.5, 0.6) is 17.2 Å². The molecule has 5 nitrogen and oxygen atoms in total. The molecule has 0 aromatic heterocycles. The third-order valence-electron chi connectivity index (χ3n) is 3.08. The second-order valence-electron chi connectivity index (χ2n) is 4.39. The lowest BCUT2D eigenvalue weighted by Crippen LogP contribution is -2.13. The number of para-hydroxylation sites is 1. The second-order valence-corrected chi connectivity index (χ2v) is 4.87. The lowest BCUT2D eigenvalue weighted by Gasteiger charge is -2.14. The highest BCUT2D eigenvalue weighted by Crippen LogP contribution is 2.38. The van der Waals surface area contributed by atoms with Crippen molar-refractivity contribution >= 4 is 24.2 Å². The number of anilines is 1. The lowest BCUT2D eigenvalue weighted by molar-refractivity contribution is 0.102. The van der Waals surface area contributed by atoms with Gasteiger partial charge < -0.3 is 19.5 Å². The summed E-state index contributed by atoms with van der Waals surface area (Å²) in [6.07, 6.45) is 0. The lowest BCUT2D eigenvalue weighted by atomic mass is 10.1. The summed E-state index contributed by atoms with van der Waals surface area (Å²) in [6.45, 7) is 0. The topological polar surface area (TPSA) is 56.8 Å². The van der Waals surface area contributed by atoms with Gasteiger partial charge in [-0.1, -0.05) is 12.1 Å². The van der Waals surface area contributed by atoms with E-state index < -0.39 is 0 Å². The van der Waals surface area contributed by atoms with Gasteiger partial charge in [0.1, 0.15) is 0 Å². The molecule has 0 saturated carbocycles. The van der Waals surface area contributed by atoms with Crippen molar-refractivity contribution in [3.8, 4) is 17.2 Å². The van der Waals surface area contributed by atoms with E-state index in [1.165, 1.54) is 21.3 Å². The molecule has 0 aliphatic heterocycles. The molecule has 0 radical (unpaired) electrons. The standard InChI is InChI=1S/C16H17NO4S/c1-19-12-8-10(9-13(20-2)15(12)21-3)16(18)17-11-6-4-5-7-14(11)22/h4-9,22H,1-3H3,(H,17,18). The number of nitrogens with one attached hydrogen (secondary N) is 1. The number of methoxy groups -OCH3 is 3. The molecule has 0 aliphatic carbocycles. The molecule has 2 aromatic rings. The predicted molar refractivity (Wildman–Crippen MR) is 87.7 cm³/mol. The van der Waals surface area contributed by atoms with Crippen LogP contribution in [0.25, 0.3) is 0 Å². The van der Waals surface area contributed by atoms with Gasteiger partial charge in [0, 0.05) is 10.5 Å². The Hall–Kier alpha value is -2.34. The fourth-order valence-electron chi connectivity index (χ4n) is 1.99. The molecule has 22 heavy (non-hydrogen) atoms. The number of hydrogen-bond acceptors (Lipinski definition) is 5. The van der Waals surface area contributed by atoms with Crippen molar-refractivity contribution in [1.82, 2.24) is 0 Å². The van der Waals surface area contributed by atoms with Crippen LogP contribution in [0.4, 0.5) is 5.69 Å². The summed E-state index contributed by atoms with van der Waals surface area (Å²) in [5.74, 6) is 0.995. The van der Waals surface area contributed by atoms with Gasteiger partial charge in [-0.3, -0.25) is 4.79 Å². The minimum atomic E-state index is -0.291. The Bertz CT molecular complexity index is 663. The van der Waals surface area contributed by atoms with E-state index in [1.54, 1.807) is 24.3 Å². The van der Waals surface area contributed by atoms with Crippen LogP contribution in [0.1, 0.15) is 10.4 Å². The van der Waals surface area contributed by atoms with Gasteiger partial charge in [0.2, 0.25) is 5.75 Å². The van der Waals surface area contributed by atoms with Gasteiger partial charge in [-0.25, -0.2) is 0 Å². The van der Waals surface area contributed by atoms with Gasteiger partial charge in [-0.05, 0) is 24.3 Å². The zero-order chi connectivity index (χ0) is 16.1. The largest absolute Gasteiger partial charge is 0.493 e. The summed E-state index contributed by atoms with van der Waals surface area (Å²) < 4.78 is 15.7. The molecule has 0 aliphatic rings. The Labute approximate surface area is 134 Å². The average molecular weight is 319 g/mol. The van der Waals surface area contributed by atoms with Crippen molar-refractivity contribution in [2.24, 2.45) is 0 Å². The van der Waals surface area contributed by atoms with Gasteiger partial charge in [0.05, 0.1) is 27.0 Å². The van der Waals surface area contributed by atoms with Gasteiger partial charge in [-0.15, -0.1) is 12.6 Å². The van der Waals surface area contributed by atoms with E-state index in [0.717, 1.165) is 0 Å². The summed E-state index contributed by atoms with van der Waals surface area (Å²) in [5, 5.41) is 2.80. The molecule has 6 heteroatoms. The second kappa shape index (κ2) is 7.09. The van der Waals surface area contributed by atoms with Crippen molar-refractivity contribution < 1.29 is 19.0 Å². The molecule has 0 saturated heterocycles. The summed E-state index contributed by atoms with van der Waals surface area (Å²) >= 11 is 4.31. The van der Waals surface area contributed by atoms with E-state index in [1.807, 2.05) is 12.1 Å². The highest BCUT2D eigenvalue weighted by molar-refractivity contribution is 7.80. The Kier molecular flexibility index (Phi) is 5.16. The molecular weight excluding hydrogens is 302 g/mol. The molecule has 0 unspecified atom stereocenters. The van der Waals surface area contributed by atoms with Crippen LogP contribution in [0.3, 0.4) is 0 Å². The molecule has 1 amide bonds. The predicted octanol–water partition coefficient (Wildman–Crippen LogP) is 3.25. The maximum Gasteiger partial charge on any atom is 0.255 e. The maximum absolute atomic E-state index is 12.4. The molecule has 2 aromatic carbocycles. The number of thiol groups is 1. The van der Waals surface area contributed by atoms with Crippen LogP contribution in [0, 0.1) is 0 Å². The van der Waals surface area contributed by atoms with Crippen LogP contribution in [0.2, 0.25) is 0 Å². The van der Waals surface area contributed by atoms with Crippen LogP contribution < -0.4 is 19.5 Å². The molecule has 116 valence electrons. The van der Waals surface area contributed by atoms with Crippen molar-refractivity contribution in [2.75, 3.05) is 26.6 Å². The molecule has 0 bridgehead atoms. The van der Waals surface area contributed by atoms with Gasteiger partial charge in [-0.2, -0.15) is 0 Å². The zero-order valence-electron chi connectivity index (χ0n) is 12.5. The summed E-state index contributed by atoms with van der Waals surface area (Å²) in [4.78, 5) is 13.1. The van der Waals surface area contributed by atoms with E-state index in [4.69, 9.17) is 14.2 Å². The van der Waals surface area contributed by atoms with E-state index in [-0.39, 0.29) is 5.91 Å². The summed E-state index contributed by atoms with van der Waals surface area (Å²) in [5.41, 5.74) is 1.02. The van der Waals surface area contributed by atoms with E-state index in [2.05, 4.69) is 17.9 Å². The first-order valence-electron chi connectivity index (χ1n) is 6.50. The van der Waals surface area contributed by atoms with Crippen molar-refractivity contribution in [2.45, 2.75) is 4.90 Å². The minimum Gasteiger partial charge on any atom is -0.493 e. The first-order valence-corrected chi connectivity index (χ1v) is 6.94. The number of benzene rings is 2. The van der Waals surface area contributed by atoms with Crippen LogP contribution >= 0.6 is 12.6 Å². The molecule has 2 rings (SSSR count). The van der Waals surface area contributed by atoms with Crippen LogP contribution in [-0.4, -0.2) is 27.2 Å². The molecule has 0 spiro atoms. The first-order chi connectivity index (χ1) is 10.6. The Morgan fingerprint density at radius 3 is 2.09 bits per heavy atom. The normalized spacial score (nSPS) is 10.0. The fraction of sp³-hybridized carbons (Fsp3) is 0.188. The number of rotatable bonds is 5. The van der Waals surface area contributed by atoms with Gasteiger partial charge in [0.25, 0.3) is 5.91 Å². The van der Waals surface area contributed by atoms with Crippen LogP contribution in [-0.2, 0) is 0 Å². The molecule has 0 heterocycles. The number of hydrogen-bond donors (Lipinski definition) is 2. The summed E-state index contributed by atoms with van der Waals surface area (Å²) in [7, 11) is 4.52. The Morgan fingerprint density at radius 1 is 1.00 bits per heavy atom. The van der Waals surface area contributed by atoms with Crippen molar-refractivity contribution in [3.05, 3.63) is 42.0 Å². The first kappa shape index (κ1) is 16.0. The number of carbonyl (C=O) groups is 1. The molecular formula is C16H17NO4S. The number of amides is 1. The third-order valence-corrected chi connectivity index (χ3v) is 3.47. The van der Waals surface area contributed by atoms with Gasteiger partial charge >= 0.3 is 0 Å². The monoisotopic (exact) mass is 319 g/mol. The van der Waals surface area contributed by atoms with Crippen molar-refractivity contribution in [3.63, 3.8) is 0 Å². The molecule has 1 N–H and O–H groups in total. The highest BCUT2D eigenvalue weighted by Gasteiger charge is 2.17. The minimum absolute atomic E-state index is 0.291. The highest BCUT2D eigenvalue weighted by atomic mass is 32.1. The average Bonchev–Trinajstić information content (AvgIpc) is 2.55. The summed E-state index contributed by atoms with van der Waals surface area (Å²) in [6, 6.07) is 10.4. The maximum atomic E-state index is 12.4. The fourth-order valence-corrected chi connectivity index (χ4v) is 2.20. The number of carbonyl (C=O) groups excluding carboxylic acids is 1. The van der Waals surface area contributed by atoms with Crippen molar-refractivity contribution in [1.29, 1.82) is 0 Å². The SMILES string of the molecule is COc1cc(C(=O)Nc2ccccc2S)cc(OC)c1OC. The van der Waals surface area contributed by atoms with Gasteiger partial charge in [0.15, 0.2) is 11.5 Å². The third kappa shape index (κ3) is 3.28. The quantitative estimate of drug-likeness (QED) is 0.831. The zero-order valence-corrected chi connectivity index (χ0v) is 13.4. The smallest absolute Gasteiger partial charge is 0.255 e. The van der Waals surface area contributed by atoms with Crippen LogP contribution in [0.15, 0.2) is 41.3 Å². The molecule has 0 fully saturated rings. The number of ether oxygens (including phenoxy) is 3. The Morgan fingerprint density at radius 2 is 1.59 bits per heavy atom. The van der Waals surface area contributed by atoms with E-state index in [0.29, 0.717) is 33.4 Å². The van der Waals surface area contributed by atoms with E-state index >= 15 is 0 Å².